The summed E-state index contributed by atoms with van der Waals surface area (Å²) in [6.07, 6.45) is 6.74. The van der Waals surface area contributed by atoms with Crippen LogP contribution in [0.2, 0.25) is 0 Å². The van der Waals surface area contributed by atoms with Crippen molar-refractivity contribution in [2.75, 3.05) is 11.9 Å². The molecule has 2 heterocycles. The summed E-state index contributed by atoms with van der Waals surface area (Å²) in [4.78, 5) is 21.3. The maximum atomic E-state index is 13.2. The van der Waals surface area contributed by atoms with Crippen LogP contribution in [0.3, 0.4) is 0 Å². The molecule has 3 aromatic rings. The number of carbonyl (C=O) groups is 1. The van der Waals surface area contributed by atoms with Crippen molar-refractivity contribution in [3.63, 3.8) is 0 Å². The molecule has 5 rings (SSSR count). The average molecular weight is 400 g/mol. The minimum absolute atomic E-state index is 0.00848. The lowest BCUT2D eigenvalue weighted by molar-refractivity contribution is 0.0911. The van der Waals surface area contributed by atoms with Crippen LogP contribution in [-0.2, 0) is 12.8 Å². The summed E-state index contributed by atoms with van der Waals surface area (Å²) in [5.41, 5.74) is 6.49. The molecule has 0 atom stereocenters. The smallest absolute Gasteiger partial charge is 0.165 e. The zero-order valence-corrected chi connectivity index (χ0v) is 17.8. The van der Waals surface area contributed by atoms with Crippen molar-refractivity contribution >= 4 is 11.6 Å². The standard InChI is InChI=1S/C26H29N3O/c1-26(2)14-21-24(22(30)15-26)20(12-17-6-4-3-5-7-17)25(29-21)19-10-11-27-23(13-19)28-16-18-8-9-18/h3-7,10-11,13,18,29H,8-9,12,14-16H2,1-2H3,(H,27,28). The second kappa shape index (κ2) is 7.42. The highest BCUT2D eigenvalue weighted by Gasteiger charge is 2.35. The van der Waals surface area contributed by atoms with E-state index in [1.807, 2.05) is 18.3 Å². The number of pyridine rings is 1. The van der Waals surface area contributed by atoms with E-state index in [1.165, 1.54) is 18.4 Å². The fourth-order valence-electron chi connectivity index (χ4n) is 4.61. The number of H-pyrrole nitrogens is 1. The molecule has 2 aliphatic rings. The number of aromatic amines is 1. The predicted octanol–water partition coefficient (Wildman–Crippen LogP) is 5.64. The Morgan fingerprint density at radius 1 is 1.13 bits per heavy atom. The first-order valence-corrected chi connectivity index (χ1v) is 11.0. The first kappa shape index (κ1) is 19.1. The molecule has 2 aliphatic carbocycles. The lowest BCUT2D eigenvalue weighted by atomic mass is 9.75. The molecule has 30 heavy (non-hydrogen) atoms. The highest BCUT2D eigenvalue weighted by atomic mass is 16.1. The summed E-state index contributed by atoms with van der Waals surface area (Å²) >= 11 is 0. The molecule has 1 aromatic carbocycles. The Morgan fingerprint density at radius 3 is 2.70 bits per heavy atom. The van der Waals surface area contributed by atoms with Gasteiger partial charge in [0.1, 0.15) is 5.82 Å². The second-order valence-corrected chi connectivity index (χ2v) is 9.69. The topological polar surface area (TPSA) is 57.8 Å². The SMILES string of the molecule is CC1(C)CC(=O)c2c([nH]c(-c3ccnc(NCC4CC4)c3)c2Cc2ccccc2)C1. The van der Waals surface area contributed by atoms with Gasteiger partial charge < -0.3 is 10.3 Å². The zero-order valence-electron chi connectivity index (χ0n) is 17.8. The number of fused-ring (bicyclic) bond motifs is 1. The first-order valence-electron chi connectivity index (χ1n) is 11.0. The number of aromatic nitrogens is 2. The zero-order chi connectivity index (χ0) is 20.7. The van der Waals surface area contributed by atoms with Gasteiger partial charge >= 0.3 is 0 Å². The summed E-state index contributed by atoms with van der Waals surface area (Å²) in [6, 6.07) is 14.6. The Balaban J connectivity index is 1.57. The highest BCUT2D eigenvalue weighted by molar-refractivity contribution is 6.02. The number of hydrogen-bond donors (Lipinski definition) is 2. The van der Waals surface area contributed by atoms with Crippen molar-refractivity contribution in [2.24, 2.45) is 11.3 Å². The third kappa shape index (κ3) is 3.91. The molecule has 0 amide bonds. The molecule has 0 spiro atoms. The number of hydrogen-bond acceptors (Lipinski definition) is 3. The van der Waals surface area contributed by atoms with Crippen molar-refractivity contribution in [3.8, 4) is 11.3 Å². The van der Waals surface area contributed by atoms with E-state index in [-0.39, 0.29) is 11.2 Å². The average Bonchev–Trinajstić information content (AvgIpc) is 3.48. The molecular weight excluding hydrogens is 370 g/mol. The normalized spacial score (nSPS) is 17.6. The molecule has 4 nitrogen and oxygen atoms in total. The van der Waals surface area contributed by atoms with Crippen LogP contribution in [0, 0.1) is 11.3 Å². The van der Waals surface area contributed by atoms with Gasteiger partial charge in [0, 0.05) is 42.4 Å². The summed E-state index contributed by atoms with van der Waals surface area (Å²) in [7, 11) is 0. The van der Waals surface area contributed by atoms with E-state index in [1.54, 1.807) is 0 Å². The molecule has 0 aliphatic heterocycles. The first-order chi connectivity index (χ1) is 14.5. The molecule has 0 unspecified atom stereocenters. The van der Waals surface area contributed by atoms with Gasteiger partial charge in [-0.3, -0.25) is 4.79 Å². The van der Waals surface area contributed by atoms with Crippen LogP contribution in [0.4, 0.5) is 5.82 Å². The summed E-state index contributed by atoms with van der Waals surface area (Å²) < 4.78 is 0. The fourth-order valence-corrected chi connectivity index (χ4v) is 4.61. The van der Waals surface area contributed by atoms with E-state index in [9.17, 15) is 4.79 Å². The van der Waals surface area contributed by atoms with Gasteiger partial charge in [0.25, 0.3) is 0 Å². The maximum absolute atomic E-state index is 13.2. The Bertz CT molecular complexity index is 1080. The van der Waals surface area contributed by atoms with Crippen molar-refractivity contribution < 1.29 is 4.79 Å². The maximum Gasteiger partial charge on any atom is 0.165 e. The van der Waals surface area contributed by atoms with Crippen LogP contribution in [-0.4, -0.2) is 22.3 Å². The lowest BCUT2D eigenvalue weighted by Crippen LogP contribution is -2.27. The van der Waals surface area contributed by atoms with Crippen LogP contribution in [0.15, 0.2) is 48.7 Å². The van der Waals surface area contributed by atoms with Crippen molar-refractivity contribution in [1.82, 2.24) is 9.97 Å². The van der Waals surface area contributed by atoms with Crippen molar-refractivity contribution in [3.05, 3.63) is 71.0 Å². The van der Waals surface area contributed by atoms with Gasteiger partial charge in [-0.2, -0.15) is 0 Å². The number of nitrogens with zero attached hydrogens (tertiary/aromatic N) is 1. The van der Waals surface area contributed by atoms with Gasteiger partial charge in [-0.05, 0) is 53.9 Å². The minimum Gasteiger partial charge on any atom is -0.370 e. The number of benzene rings is 1. The van der Waals surface area contributed by atoms with Gasteiger partial charge in [0.2, 0.25) is 0 Å². The molecule has 0 bridgehead atoms. The third-order valence-corrected chi connectivity index (χ3v) is 6.30. The molecule has 0 radical (unpaired) electrons. The van der Waals surface area contributed by atoms with Crippen molar-refractivity contribution in [1.29, 1.82) is 0 Å². The van der Waals surface area contributed by atoms with E-state index in [0.29, 0.717) is 6.42 Å². The summed E-state index contributed by atoms with van der Waals surface area (Å²) in [6.45, 7) is 5.34. The van der Waals surface area contributed by atoms with E-state index >= 15 is 0 Å². The van der Waals surface area contributed by atoms with Gasteiger partial charge in [-0.15, -0.1) is 0 Å². The molecule has 1 fully saturated rings. The van der Waals surface area contributed by atoms with Gasteiger partial charge in [0.05, 0.1) is 5.69 Å². The molecule has 154 valence electrons. The number of carbonyl (C=O) groups excluding carboxylic acids is 1. The van der Waals surface area contributed by atoms with Crippen LogP contribution < -0.4 is 5.32 Å². The molecular formula is C26H29N3O. The van der Waals surface area contributed by atoms with Crippen LogP contribution in [0.1, 0.15) is 60.3 Å². The number of anilines is 1. The third-order valence-electron chi connectivity index (χ3n) is 6.30. The quantitative estimate of drug-likeness (QED) is 0.563. The van der Waals surface area contributed by atoms with E-state index < -0.39 is 0 Å². The molecule has 4 heteroatoms. The van der Waals surface area contributed by atoms with Crippen LogP contribution in [0.5, 0.6) is 0 Å². The number of rotatable bonds is 6. The Morgan fingerprint density at radius 2 is 1.93 bits per heavy atom. The number of ketones is 1. The molecule has 0 saturated heterocycles. The van der Waals surface area contributed by atoms with Crippen LogP contribution in [0.25, 0.3) is 11.3 Å². The molecule has 2 aromatic heterocycles. The van der Waals surface area contributed by atoms with Gasteiger partial charge in [-0.25, -0.2) is 4.98 Å². The minimum atomic E-state index is -0.00848. The Labute approximate surface area is 178 Å². The lowest BCUT2D eigenvalue weighted by Gasteiger charge is -2.28. The Kier molecular flexibility index (Phi) is 4.73. The monoisotopic (exact) mass is 399 g/mol. The Hall–Kier alpha value is -2.88. The summed E-state index contributed by atoms with van der Waals surface area (Å²) in [5, 5.41) is 3.48. The van der Waals surface area contributed by atoms with E-state index in [4.69, 9.17) is 0 Å². The van der Waals surface area contributed by atoms with E-state index in [0.717, 1.165) is 59.2 Å². The van der Waals surface area contributed by atoms with E-state index in [2.05, 4.69) is 59.5 Å². The number of nitrogens with one attached hydrogen (secondary N) is 2. The highest BCUT2D eigenvalue weighted by Crippen LogP contribution is 2.40. The second-order valence-electron chi connectivity index (χ2n) is 9.69. The fraction of sp³-hybridized carbons (Fsp3) is 0.385. The number of Topliss-reactive ketones (excluding diaryl/α,β-unsaturated/α-hetero) is 1. The molecule has 1 saturated carbocycles. The summed E-state index contributed by atoms with van der Waals surface area (Å²) in [5.74, 6) is 1.96. The molecule has 2 N–H and O–H groups in total. The largest absolute Gasteiger partial charge is 0.370 e. The van der Waals surface area contributed by atoms with Gasteiger partial charge in [-0.1, -0.05) is 44.2 Å². The van der Waals surface area contributed by atoms with Gasteiger partial charge in [0.15, 0.2) is 5.78 Å². The van der Waals surface area contributed by atoms with Crippen molar-refractivity contribution in [2.45, 2.75) is 46.0 Å². The van der Waals surface area contributed by atoms with Crippen LogP contribution >= 0.6 is 0 Å². The predicted molar refractivity (Wildman–Crippen MR) is 121 cm³/mol.